The molecule has 0 aliphatic heterocycles. The maximum Gasteiger partial charge on any atom is 0.119 e. The van der Waals surface area contributed by atoms with Crippen LogP contribution in [0, 0.1) is 5.92 Å². The summed E-state index contributed by atoms with van der Waals surface area (Å²) >= 11 is 0. The predicted molar refractivity (Wildman–Crippen MR) is 153 cm³/mol. The van der Waals surface area contributed by atoms with Gasteiger partial charge in [-0.3, -0.25) is 0 Å². The van der Waals surface area contributed by atoms with Gasteiger partial charge < -0.3 is 4.74 Å². The van der Waals surface area contributed by atoms with Gasteiger partial charge in [0.15, 0.2) is 0 Å². The average Bonchev–Trinajstić information content (AvgIpc) is 2.91. The van der Waals surface area contributed by atoms with E-state index >= 15 is 0 Å². The fraction of sp³-hybridized carbons (Fsp3) is 0.647. The quantitative estimate of drug-likeness (QED) is 0.206. The van der Waals surface area contributed by atoms with E-state index in [0.717, 1.165) is 30.6 Å². The third-order valence-electron chi connectivity index (χ3n) is 8.15. The van der Waals surface area contributed by atoms with E-state index in [1.54, 1.807) is 5.56 Å². The first-order chi connectivity index (χ1) is 17.3. The summed E-state index contributed by atoms with van der Waals surface area (Å²) in [6, 6.07) is 18.1. The first-order valence-corrected chi connectivity index (χ1v) is 15.1. The normalized spacial score (nSPS) is 18.0. The van der Waals surface area contributed by atoms with Crippen LogP contribution in [0.15, 0.2) is 48.5 Å². The van der Waals surface area contributed by atoms with Gasteiger partial charge in [-0.25, -0.2) is 0 Å². The Morgan fingerprint density at radius 3 is 1.69 bits per heavy atom. The molecule has 0 atom stereocenters. The zero-order valence-corrected chi connectivity index (χ0v) is 22.9. The second-order valence-electron chi connectivity index (χ2n) is 11.0. The molecule has 0 bridgehead atoms. The van der Waals surface area contributed by atoms with Gasteiger partial charge in [0.05, 0.1) is 6.61 Å². The van der Waals surface area contributed by atoms with Gasteiger partial charge in [-0.1, -0.05) is 127 Å². The summed E-state index contributed by atoms with van der Waals surface area (Å²) in [6.07, 6.45) is 23.6. The molecule has 0 aromatic heterocycles. The van der Waals surface area contributed by atoms with E-state index < -0.39 is 0 Å². The third kappa shape index (κ3) is 10.4. The van der Waals surface area contributed by atoms with Crippen molar-refractivity contribution in [3.63, 3.8) is 0 Å². The first kappa shape index (κ1) is 27.8. The van der Waals surface area contributed by atoms with Gasteiger partial charge in [-0.2, -0.15) is 0 Å². The van der Waals surface area contributed by atoms with Crippen molar-refractivity contribution in [2.75, 3.05) is 6.61 Å². The Hall–Kier alpha value is -1.76. The summed E-state index contributed by atoms with van der Waals surface area (Å²) in [5, 5.41) is 0. The molecule has 1 heteroatoms. The number of ether oxygens (including phenoxy) is 1. The van der Waals surface area contributed by atoms with Crippen LogP contribution in [0.3, 0.4) is 0 Å². The molecule has 0 radical (unpaired) electrons. The van der Waals surface area contributed by atoms with Crippen LogP contribution in [0.1, 0.15) is 134 Å². The lowest BCUT2D eigenvalue weighted by atomic mass is 9.77. The van der Waals surface area contributed by atoms with Crippen molar-refractivity contribution in [3.05, 3.63) is 54.1 Å². The fourth-order valence-corrected chi connectivity index (χ4v) is 5.76. The molecule has 35 heavy (non-hydrogen) atoms. The van der Waals surface area contributed by atoms with Gasteiger partial charge in [0.2, 0.25) is 0 Å². The first-order valence-electron chi connectivity index (χ1n) is 15.1. The molecule has 3 rings (SSSR count). The van der Waals surface area contributed by atoms with Gasteiger partial charge in [0, 0.05) is 0 Å². The van der Waals surface area contributed by atoms with Crippen molar-refractivity contribution in [1.29, 1.82) is 0 Å². The second-order valence-corrected chi connectivity index (χ2v) is 11.0. The summed E-state index contributed by atoms with van der Waals surface area (Å²) in [7, 11) is 0. The molecule has 1 fully saturated rings. The molecule has 0 heterocycles. The standard InChI is InChI=1S/C34H52O/c1-3-5-7-9-10-11-12-13-15-29-16-18-30(19-17-29)31-20-22-32(23-21-31)33-24-26-34(27-25-33)35-28-14-8-6-4-2/h20-27,29-30H,3-19,28H2,1-2H3. The highest BCUT2D eigenvalue weighted by Gasteiger charge is 2.22. The minimum Gasteiger partial charge on any atom is -0.494 e. The van der Waals surface area contributed by atoms with Crippen molar-refractivity contribution >= 4 is 0 Å². The number of unbranched alkanes of at least 4 members (excludes halogenated alkanes) is 10. The Balaban J connectivity index is 1.34. The van der Waals surface area contributed by atoms with E-state index in [-0.39, 0.29) is 0 Å². The molecule has 1 aliphatic rings. The van der Waals surface area contributed by atoms with Crippen molar-refractivity contribution in [2.24, 2.45) is 5.92 Å². The topological polar surface area (TPSA) is 9.23 Å². The molecule has 2 aromatic carbocycles. The van der Waals surface area contributed by atoms with Crippen molar-refractivity contribution < 1.29 is 4.74 Å². The number of hydrogen-bond donors (Lipinski definition) is 0. The lowest BCUT2D eigenvalue weighted by molar-refractivity contribution is 0.302. The minimum absolute atomic E-state index is 0.766. The molecule has 0 saturated heterocycles. The lowest BCUT2D eigenvalue weighted by Gasteiger charge is -2.29. The van der Waals surface area contributed by atoms with E-state index in [9.17, 15) is 0 Å². The van der Waals surface area contributed by atoms with Crippen LogP contribution in [0.4, 0.5) is 0 Å². The van der Waals surface area contributed by atoms with Crippen molar-refractivity contribution in [3.8, 4) is 16.9 Å². The molecule has 194 valence electrons. The minimum atomic E-state index is 0.766. The summed E-state index contributed by atoms with van der Waals surface area (Å²) in [5.74, 6) is 2.74. The Kier molecular flexibility index (Phi) is 13.4. The highest BCUT2D eigenvalue weighted by atomic mass is 16.5. The molecule has 0 amide bonds. The van der Waals surface area contributed by atoms with E-state index in [1.165, 1.54) is 114 Å². The summed E-state index contributed by atoms with van der Waals surface area (Å²) in [5.41, 5.74) is 4.14. The Labute approximate surface area is 217 Å². The molecule has 1 nitrogen and oxygen atoms in total. The highest BCUT2D eigenvalue weighted by molar-refractivity contribution is 5.64. The van der Waals surface area contributed by atoms with Crippen LogP contribution in [0.25, 0.3) is 11.1 Å². The lowest BCUT2D eigenvalue weighted by Crippen LogP contribution is -2.13. The van der Waals surface area contributed by atoms with E-state index in [4.69, 9.17) is 4.74 Å². The fourth-order valence-electron chi connectivity index (χ4n) is 5.76. The third-order valence-corrected chi connectivity index (χ3v) is 8.15. The Bertz CT molecular complexity index is 767. The number of rotatable bonds is 17. The van der Waals surface area contributed by atoms with Crippen LogP contribution < -0.4 is 4.74 Å². The van der Waals surface area contributed by atoms with Crippen LogP contribution in [0.5, 0.6) is 5.75 Å². The number of benzene rings is 2. The molecular weight excluding hydrogens is 424 g/mol. The number of hydrogen-bond acceptors (Lipinski definition) is 1. The highest BCUT2D eigenvalue weighted by Crippen LogP contribution is 2.38. The summed E-state index contributed by atoms with van der Waals surface area (Å²) in [4.78, 5) is 0. The molecule has 2 aromatic rings. The molecule has 0 N–H and O–H groups in total. The predicted octanol–water partition coefficient (Wildman–Crippen LogP) is 11.1. The smallest absolute Gasteiger partial charge is 0.119 e. The largest absolute Gasteiger partial charge is 0.494 e. The van der Waals surface area contributed by atoms with Crippen LogP contribution in [-0.4, -0.2) is 6.61 Å². The molecular formula is C34H52O. The second kappa shape index (κ2) is 16.8. The molecule has 0 unspecified atom stereocenters. The monoisotopic (exact) mass is 476 g/mol. The molecule has 0 spiro atoms. The van der Waals surface area contributed by atoms with E-state index in [2.05, 4.69) is 62.4 Å². The molecule has 1 saturated carbocycles. The molecule has 1 aliphatic carbocycles. The zero-order chi connectivity index (χ0) is 24.6. The van der Waals surface area contributed by atoms with Crippen LogP contribution in [-0.2, 0) is 0 Å². The van der Waals surface area contributed by atoms with Crippen molar-refractivity contribution in [2.45, 2.75) is 129 Å². The van der Waals surface area contributed by atoms with Gasteiger partial charge in [-0.15, -0.1) is 0 Å². The van der Waals surface area contributed by atoms with Crippen LogP contribution >= 0.6 is 0 Å². The zero-order valence-electron chi connectivity index (χ0n) is 22.9. The average molecular weight is 477 g/mol. The maximum absolute atomic E-state index is 5.90. The maximum atomic E-state index is 5.90. The van der Waals surface area contributed by atoms with E-state index in [1.807, 2.05) is 0 Å². The van der Waals surface area contributed by atoms with Crippen LogP contribution in [0.2, 0.25) is 0 Å². The SMILES string of the molecule is CCCCCCCCCCC1CCC(c2ccc(-c3ccc(OCCCCCC)cc3)cc2)CC1. The summed E-state index contributed by atoms with van der Waals surface area (Å²) < 4.78 is 5.90. The Morgan fingerprint density at radius 2 is 1.09 bits per heavy atom. The van der Waals surface area contributed by atoms with Gasteiger partial charge in [0.1, 0.15) is 5.75 Å². The van der Waals surface area contributed by atoms with Gasteiger partial charge in [-0.05, 0) is 72.8 Å². The Morgan fingerprint density at radius 1 is 0.571 bits per heavy atom. The van der Waals surface area contributed by atoms with Crippen molar-refractivity contribution in [1.82, 2.24) is 0 Å². The summed E-state index contributed by atoms with van der Waals surface area (Å²) in [6.45, 7) is 5.38. The van der Waals surface area contributed by atoms with Gasteiger partial charge >= 0.3 is 0 Å². The van der Waals surface area contributed by atoms with E-state index in [0.29, 0.717) is 0 Å². The van der Waals surface area contributed by atoms with Gasteiger partial charge in [0.25, 0.3) is 0 Å².